The lowest BCUT2D eigenvalue weighted by molar-refractivity contribution is -0.131. The minimum atomic E-state index is -1.18. The molecule has 2 N–H and O–H groups in total. The molecule has 0 radical (unpaired) electrons. The van der Waals surface area contributed by atoms with Gasteiger partial charge in [0.15, 0.2) is 0 Å². The fourth-order valence-electron chi connectivity index (χ4n) is 1.39. The fourth-order valence-corrected chi connectivity index (χ4v) is 3.15. The van der Waals surface area contributed by atoms with Gasteiger partial charge in [0.2, 0.25) is 5.89 Å². The van der Waals surface area contributed by atoms with Gasteiger partial charge in [-0.1, -0.05) is 11.6 Å². The second kappa shape index (κ2) is 6.67. The van der Waals surface area contributed by atoms with Crippen LogP contribution < -0.4 is 0 Å². The van der Waals surface area contributed by atoms with Crippen LogP contribution >= 0.6 is 46.0 Å². The molecule has 110 valence electrons. The average molecular weight is 439 g/mol. The Kier molecular flexibility index (Phi) is 5.12. The molecule has 2 rings (SSSR count). The minimum Gasteiger partial charge on any atom is -0.506 e. The number of carboxylic acids is 1. The summed E-state index contributed by atoms with van der Waals surface area (Å²) in [6, 6.07) is 3.05. The average Bonchev–Trinajstić information content (AvgIpc) is 2.79. The lowest BCUT2D eigenvalue weighted by Crippen LogP contribution is -1.97. The third-order valence-corrected chi connectivity index (χ3v) is 4.15. The Morgan fingerprint density at radius 3 is 2.76 bits per heavy atom. The van der Waals surface area contributed by atoms with Crippen LogP contribution in [-0.2, 0) is 4.79 Å². The van der Waals surface area contributed by atoms with Gasteiger partial charge in [-0.25, -0.2) is 4.79 Å². The molecule has 0 spiro atoms. The van der Waals surface area contributed by atoms with Gasteiger partial charge in [0.25, 0.3) is 5.22 Å². The fraction of sp³-hybridized carbons (Fsp3) is 0.0833. The van der Waals surface area contributed by atoms with Crippen LogP contribution in [0.3, 0.4) is 0 Å². The van der Waals surface area contributed by atoms with Gasteiger partial charge in [-0.3, -0.25) is 0 Å². The standard InChI is InChI=1S/C12H8ClIN2O4S/c1-5-15-16-12(20-5)21-9(11(18)19)3-6-2-7(13)4-8(14)10(6)17/h2-4,17H,1H3,(H,18,19)/b9-3-. The van der Waals surface area contributed by atoms with Gasteiger partial charge >= 0.3 is 5.97 Å². The summed E-state index contributed by atoms with van der Waals surface area (Å²) in [5.74, 6) is -0.881. The van der Waals surface area contributed by atoms with Crippen molar-refractivity contribution in [3.8, 4) is 5.75 Å². The molecule has 0 fully saturated rings. The van der Waals surface area contributed by atoms with Crippen LogP contribution in [0.2, 0.25) is 5.02 Å². The monoisotopic (exact) mass is 438 g/mol. The number of hydrogen-bond acceptors (Lipinski definition) is 6. The molecular weight excluding hydrogens is 431 g/mol. The lowest BCUT2D eigenvalue weighted by Gasteiger charge is -2.05. The first-order chi connectivity index (χ1) is 9.86. The quantitative estimate of drug-likeness (QED) is 0.428. The van der Waals surface area contributed by atoms with E-state index >= 15 is 0 Å². The van der Waals surface area contributed by atoms with Crippen molar-refractivity contribution < 1.29 is 19.4 Å². The normalized spacial score (nSPS) is 11.7. The van der Waals surface area contributed by atoms with Crippen LogP contribution in [0, 0.1) is 10.5 Å². The highest BCUT2D eigenvalue weighted by Crippen LogP contribution is 2.33. The van der Waals surface area contributed by atoms with Crippen LogP contribution in [0.25, 0.3) is 6.08 Å². The molecular formula is C12H8ClIN2O4S. The second-order valence-electron chi connectivity index (χ2n) is 3.83. The number of aliphatic carboxylic acids is 1. The maximum Gasteiger partial charge on any atom is 0.342 e. The van der Waals surface area contributed by atoms with Crippen molar-refractivity contribution in [2.45, 2.75) is 12.1 Å². The number of phenolic OH excluding ortho intramolecular Hbond substituents is 1. The van der Waals surface area contributed by atoms with E-state index in [1.165, 1.54) is 12.1 Å². The third-order valence-electron chi connectivity index (χ3n) is 2.26. The molecule has 0 aliphatic carbocycles. The van der Waals surface area contributed by atoms with Gasteiger partial charge in [0, 0.05) is 17.5 Å². The zero-order valence-corrected chi connectivity index (χ0v) is 14.2. The summed E-state index contributed by atoms with van der Waals surface area (Å²) < 4.78 is 5.65. The molecule has 0 aliphatic heterocycles. The Morgan fingerprint density at radius 1 is 1.48 bits per heavy atom. The Labute approximate surface area is 142 Å². The maximum absolute atomic E-state index is 11.3. The molecule has 0 aliphatic rings. The highest BCUT2D eigenvalue weighted by Gasteiger charge is 2.16. The number of benzene rings is 1. The zero-order valence-electron chi connectivity index (χ0n) is 10.5. The van der Waals surface area contributed by atoms with Crippen molar-refractivity contribution in [1.29, 1.82) is 0 Å². The zero-order chi connectivity index (χ0) is 15.6. The van der Waals surface area contributed by atoms with Crippen molar-refractivity contribution in [2.75, 3.05) is 0 Å². The van der Waals surface area contributed by atoms with Gasteiger partial charge in [0.1, 0.15) is 10.7 Å². The van der Waals surface area contributed by atoms with Crippen molar-refractivity contribution in [3.05, 3.63) is 37.1 Å². The van der Waals surface area contributed by atoms with Gasteiger partial charge in [-0.05, 0) is 52.6 Å². The molecule has 1 aromatic carbocycles. The number of nitrogens with zero attached hydrogens (tertiary/aromatic N) is 2. The Balaban J connectivity index is 2.40. The predicted molar refractivity (Wildman–Crippen MR) is 86.3 cm³/mol. The summed E-state index contributed by atoms with van der Waals surface area (Å²) in [5, 5.41) is 27.0. The van der Waals surface area contributed by atoms with Gasteiger partial charge in [0.05, 0.1) is 3.57 Å². The van der Waals surface area contributed by atoms with Crippen LogP contribution in [-0.4, -0.2) is 26.4 Å². The molecule has 0 bridgehead atoms. The molecule has 2 aromatic rings. The molecule has 1 aromatic heterocycles. The number of phenols is 1. The molecule has 21 heavy (non-hydrogen) atoms. The molecule has 1 heterocycles. The van der Waals surface area contributed by atoms with Crippen molar-refractivity contribution in [1.82, 2.24) is 10.2 Å². The highest BCUT2D eigenvalue weighted by molar-refractivity contribution is 14.1. The third kappa shape index (κ3) is 4.11. The number of aryl methyl sites for hydroxylation is 1. The van der Waals surface area contributed by atoms with Crippen LogP contribution in [0.15, 0.2) is 26.7 Å². The molecule has 0 saturated heterocycles. The summed E-state index contributed by atoms with van der Waals surface area (Å²) in [4.78, 5) is 11.2. The van der Waals surface area contributed by atoms with E-state index in [0.29, 0.717) is 20.0 Å². The van der Waals surface area contributed by atoms with E-state index in [9.17, 15) is 15.0 Å². The summed E-state index contributed by atoms with van der Waals surface area (Å²) in [7, 11) is 0. The van der Waals surface area contributed by atoms with E-state index in [2.05, 4.69) is 10.2 Å². The molecule has 0 unspecified atom stereocenters. The number of hydrogen-bond donors (Lipinski definition) is 2. The molecule has 6 nitrogen and oxygen atoms in total. The number of halogens is 2. The number of rotatable bonds is 4. The van der Waals surface area contributed by atoms with Crippen molar-refractivity contribution in [2.24, 2.45) is 0 Å². The van der Waals surface area contributed by atoms with E-state index in [1.807, 2.05) is 22.6 Å². The first-order valence-corrected chi connectivity index (χ1v) is 7.75. The van der Waals surface area contributed by atoms with Crippen molar-refractivity contribution in [3.63, 3.8) is 0 Å². The van der Waals surface area contributed by atoms with E-state index in [0.717, 1.165) is 11.8 Å². The van der Waals surface area contributed by atoms with Gasteiger partial charge in [-0.15, -0.1) is 10.2 Å². The van der Waals surface area contributed by atoms with E-state index in [-0.39, 0.29) is 15.9 Å². The maximum atomic E-state index is 11.3. The number of aromatic nitrogens is 2. The van der Waals surface area contributed by atoms with Crippen LogP contribution in [0.4, 0.5) is 0 Å². The van der Waals surface area contributed by atoms with E-state index in [1.54, 1.807) is 13.0 Å². The number of carbonyl (C=O) groups is 1. The number of aromatic hydroxyl groups is 1. The van der Waals surface area contributed by atoms with Crippen LogP contribution in [0.1, 0.15) is 11.5 Å². The molecule has 9 heteroatoms. The summed E-state index contributed by atoms with van der Waals surface area (Å²) in [5.41, 5.74) is 0.299. The van der Waals surface area contributed by atoms with E-state index in [4.69, 9.17) is 16.0 Å². The van der Waals surface area contributed by atoms with E-state index < -0.39 is 5.97 Å². The van der Waals surface area contributed by atoms with Crippen LogP contribution in [0.5, 0.6) is 5.75 Å². The Morgan fingerprint density at radius 2 is 2.19 bits per heavy atom. The predicted octanol–water partition coefficient (Wildman–Crippen LogP) is 3.56. The summed E-state index contributed by atoms with van der Waals surface area (Å²) in [6.07, 6.45) is 1.30. The number of thioether (sulfide) groups is 1. The minimum absolute atomic E-state index is 0.0407. The topological polar surface area (TPSA) is 96.5 Å². The van der Waals surface area contributed by atoms with Gasteiger partial charge < -0.3 is 14.6 Å². The smallest absolute Gasteiger partial charge is 0.342 e. The first-order valence-electron chi connectivity index (χ1n) is 5.48. The highest BCUT2D eigenvalue weighted by atomic mass is 127. The number of carboxylic acid groups (broad SMARTS) is 1. The second-order valence-corrected chi connectivity index (χ2v) is 6.42. The molecule has 0 amide bonds. The summed E-state index contributed by atoms with van der Waals surface area (Å²) in [6.45, 7) is 1.60. The summed E-state index contributed by atoms with van der Waals surface area (Å²) >= 11 is 8.61. The Hall–Kier alpha value is -1.26. The van der Waals surface area contributed by atoms with Gasteiger partial charge in [-0.2, -0.15) is 0 Å². The van der Waals surface area contributed by atoms with Crippen molar-refractivity contribution >= 4 is 58.0 Å². The molecule has 0 saturated carbocycles. The molecule has 0 atom stereocenters. The lowest BCUT2D eigenvalue weighted by atomic mass is 10.2. The SMILES string of the molecule is Cc1nnc(S/C(=C\c2cc(Cl)cc(I)c2O)C(=O)O)o1. The largest absolute Gasteiger partial charge is 0.506 e. The Bertz CT molecular complexity index is 732. The first kappa shape index (κ1) is 16.1.